The highest BCUT2D eigenvalue weighted by atomic mass is 32.1. The average molecular weight is 306 g/mol. The molecule has 1 fully saturated rings. The molecule has 2 aromatic heterocycles. The number of hydrogen-bond donors (Lipinski definition) is 1. The van der Waals surface area contributed by atoms with Crippen molar-refractivity contribution in [1.29, 1.82) is 0 Å². The van der Waals surface area contributed by atoms with Gasteiger partial charge in [0.15, 0.2) is 0 Å². The summed E-state index contributed by atoms with van der Waals surface area (Å²) < 4.78 is 0. The summed E-state index contributed by atoms with van der Waals surface area (Å²) in [7, 11) is 0. The van der Waals surface area contributed by atoms with E-state index < -0.39 is 0 Å². The van der Waals surface area contributed by atoms with Gasteiger partial charge < -0.3 is 10.0 Å². The van der Waals surface area contributed by atoms with Gasteiger partial charge in [-0.05, 0) is 26.3 Å². The van der Waals surface area contributed by atoms with Crippen molar-refractivity contribution in [1.82, 2.24) is 14.9 Å². The quantitative estimate of drug-likeness (QED) is 0.936. The number of anilines is 1. The summed E-state index contributed by atoms with van der Waals surface area (Å²) in [6.45, 7) is 11.2. The van der Waals surface area contributed by atoms with Gasteiger partial charge in [0.1, 0.15) is 16.5 Å². The lowest BCUT2D eigenvalue weighted by Gasteiger charge is -2.35. The lowest BCUT2D eigenvalue weighted by Crippen LogP contribution is -2.47. The zero-order valence-corrected chi connectivity index (χ0v) is 13.7. The number of thiophene rings is 1. The normalized spacial score (nSPS) is 16.9. The highest BCUT2D eigenvalue weighted by molar-refractivity contribution is 7.18. The van der Waals surface area contributed by atoms with Gasteiger partial charge in [0, 0.05) is 37.6 Å². The fourth-order valence-electron chi connectivity index (χ4n) is 2.89. The number of aryl methyl sites for hydroxylation is 3. The molecule has 0 atom stereocenters. The first-order valence-electron chi connectivity index (χ1n) is 7.42. The Bertz CT molecular complexity index is 647. The Morgan fingerprint density at radius 1 is 1.10 bits per heavy atom. The van der Waals surface area contributed by atoms with E-state index in [1.165, 1.54) is 15.8 Å². The SMILES string of the molecule is Cc1nc(N2CCN(CCO)CC2)c2c(C)c(C)sc2n1. The van der Waals surface area contributed by atoms with Crippen LogP contribution in [0, 0.1) is 20.8 Å². The Balaban J connectivity index is 1.94. The molecule has 1 saturated heterocycles. The molecule has 0 saturated carbocycles. The van der Waals surface area contributed by atoms with E-state index in [1.807, 2.05) is 6.92 Å². The van der Waals surface area contributed by atoms with Crippen molar-refractivity contribution in [3.05, 3.63) is 16.3 Å². The van der Waals surface area contributed by atoms with Crippen LogP contribution >= 0.6 is 11.3 Å². The predicted molar refractivity (Wildman–Crippen MR) is 87.4 cm³/mol. The lowest BCUT2D eigenvalue weighted by atomic mass is 10.2. The van der Waals surface area contributed by atoms with Crippen LogP contribution in [0.4, 0.5) is 5.82 Å². The first-order valence-corrected chi connectivity index (χ1v) is 8.24. The van der Waals surface area contributed by atoms with Gasteiger partial charge in [0.25, 0.3) is 0 Å². The van der Waals surface area contributed by atoms with Gasteiger partial charge in [0.2, 0.25) is 0 Å². The lowest BCUT2D eigenvalue weighted by molar-refractivity contribution is 0.188. The number of aromatic nitrogens is 2. The van der Waals surface area contributed by atoms with Crippen LogP contribution in [-0.4, -0.2) is 59.3 Å². The Kier molecular flexibility index (Phi) is 4.10. The fraction of sp³-hybridized carbons (Fsp3) is 0.600. The average Bonchev–Trinajstić information content (AvgIpc) is 2.74. The number of aliphatic hydroxyl groups is 1. The molecule has 5 nitrogen and oxygen atoms in total. The van der Waals surface area contributed by atoms with E-state index in [0.717, 1.165) is 49.2 Å². The van der Waals surface area contributed by atoms with E-state index in [1.54, 1.807) is 11.3 Å². The highest BCUT2D eigenvalue weighted by Gasteiger charge is 2.22. The van der Waals surface area contributed by atoms with E-state index in [2.05, 4.69) is 28.6 Å². The minimum absolute atomic E-state index is 0.236. The minimum atomic E-state index is 0.236. The van der Waals surface area contributed by atoms with Crippen molar-refractivity contribution in [2.75, 3.05) is 44.2 Å². The number of aliphatic hydroxyl groups excluding tert-OH is 1. The molecule has 0 aromatic carbocycles. The molecule has 21 heavy (non-hydrogen) atoms. The molecular weight excluding hydrogens is 284 g/mol. The molecule has 114 valence electrons. The van der Waals surface area contributed by atoms with Gasteiger partial charge in [-0.25, -0.2) is 9.97 Å². The van der Waals surface area contributed by atoms with Crippen LogP contribution in [0.25, 0.3) is 10.2 Å². The van der Waals surface area contributed by atoms with Crippen LogP contribution in [0.2, 0.25) is 0 Å². The Morgan fingerprint density at radius 2 is 1.81 bits per heavy atom. The molecule has 1 aliphatic rings. The number of hydrogen-bond acceptors (Lipinski definition) is 6. The van der Waals surface area contributed by atoms with Crippen molar-refractivity contribution in [3.63, 3.8) is 0 Å². The molecule has 0 aliphatic carbocycles. The number of nitrogens with zero attached hydrogens (tertiary/aromatic N) is 4. The van der Waals surface area contributed by atoms with Gasteiger partial charge in [-0.3, -0.25) is 4.90 Å². The zero-order chi connectivity index (χ0) is 15.0. The van der Waals surface area contributed by atoms with Gasteiger partial charge in [0.05, 0.1) is 12.0 Å². The van der Waals surface area contributed by atoms with Gasteiger partial charge in [-0.1, -0.05) is 0 Å². The van der Waals surface area contributed by atoms with Crippen LogP contribution in [0.5, 0.6) is 0 Å². The van der Waals surface area contributed by atoms with E-state index >= 15 is 0 Å². The molecular formula is C15H22N4OS. The second kappa shape index (κ2) is 5.87. The summed E-state index contributed by atoms with van der Waals surface area (Å²) in [5, 5.41) is 10.3. The largest absolute Gasteiger partial charge is 0.395 e. The Labute approximate surface area is 129 Å². The monoisotopic (exact) mass is 306 g/mol. The fourth-order valence-corrected chi connectivity index (χ4v) is 3.96. The molecule has 2 aromatic rings. The molecule has 3 rings (SSSR count). The molecule has 0 amide bonds. The zero-order valence-electron chi connectivity index (χ0n) is 12.9. The second-order valence-electron chi connectivity index (χ2n) is 5.61. The summed E-state index contributed by atoms with van der Waals surface area (Å²) in [5.41, 5.74) is 1.31. The van der Waals surface area contributed by atoms with E-state index in [4.69, 9.17) is 10.1 Å². The van der Waals surface area contributed by atoms with Crippen molar-refractivity contribution >= 4 is 27.4 Å². The van der Waals surface area contributed by atoms with Gasteiger partial charge >= 0.3 is 0 Å². The molecule has 1 N–H and O–H groups in total. The number of β-amino-alcohol motifs (C(OH)–C–C–N with tert-alkyl or cyclic N) is 1. The summed E-state index contributed by atoms with van der Waals surface area (Å²) in [4.78, 5) is 16.4. The number of rotatable bonds is 3. The summed E-state index contributed by atoms with van der Waals surface area (Å²) in [6.07, 6.45) is 0. The van der Waals surface area contributed by atoms with Crippen LogP contribution in [0.3, 0.4) is 0 Å². The Morgan fingerprint density at radius 3 is 2.48 bits per heavy atom. The summed E-state index contributed by atoms with van der Waals surface area (Å²) in [6, 6.07) is 0. The van der Waals surface area contributed by atoms with Crippen molar-refractivity contribution in [2.24, 2.45) is 0 Å². The van der Waals surface area contributed by atoms with Crippen molar-refractivity contribution in [2.45, 2.75) is 20.8 Å². The van der Waals surface area contributed by atoms with Crippen molar-refractivity contribution < 1.29 is 5.11 Å². The maximum atomic E-state index is 9.04. The Hall–Kier alpha value is -1.24. The van der Waals surface area contributed by atoms with E-state index in [0.29, 0.717) is 0 Å². The standard InChI is InChI=1S/C15H22N4OS/c1-10-11(2)21-15-13(10)14(16-12(3)17-15)19-6-4-18(5-7-19)8-9-20/h20H,4-9H2,1-3H3. The molecule has 1 aliphatic heterocycles. The first-order chi connectivity index (χ1) is 10.1. The van der Waals surface area contributed by atoms with Crippen molar-refractivity contribution in [3.8, 4) is 0 Å². The highest BCUT2D eigenvalue weighted by Crippen LogP contribution is 2.35. The van der Waals surface area contributed by atoms with E-state index in [9.17, 15) is 0 Å². The maximum Gasteiger partial charge on any atom is 0.141 e. The number of fused-ring (bicyclic) bond motifs is 1. The van der Waals surface area contributed by atoms with Crippen LogP contribution < -0.4 is 4.90 Å². The molecule has 0 bridgehead atoms. The smallest absolute Gasteiger partial charge is 0.141 e. The van der Waals surface area contributed by atoms with Gasteiger partial charge in [-0.15, -0.1) is 11.3 Å². The molecule has 0 spiro atoms. The van der Waals surface area contributed by atoms with Gasteiger partial charge in [-0.2, -0.15) is 0 Å². The molecule has 3 heterocycles. The molecule has 6 heteroatoms. The summed E-state index contributed by atoms with van der Waals surface area (Å²) >= 11 is 1.76. The van der Waals surface area contributed by atoms with E-state index in [-0.39, 0.29) is 6.61 Å². The topological polar surface area (TPSA) is 52.5 Å². The molecule has 0 radical (unpaired) electrons. The molecule has 0 unspecified atom stereocenters. The van der Waals surface area contributed by atoms with Crippen LogP contribution in [-0.2, 0) is 0 Å². The first kappa shape index (κ1) is 14.7. The third kappa shape index (κ3) is 2.75. The number of piperazine rings is 1. The maximum absolute atomic E-state index is 9.04. The summed E-state index contributed by atoms with van der Waals surface area (Å²) in [5.74, 6) is 1.93. The second-order valence-corrected chi connectivity index (χ2v) is 6.81. The predicted octanol–water partition coefficient (Wildman–Crippen LogP) is 1.73. The van der Waals surface area contributed by atoms with Crippen LogP contribution in [0.15, 0.2) is 0 Å². The third-order valence-electron chi connectivity index (χ3n) is 4.21. The minimum Gasteiger partial charge on any atom is -0.395 e. The third-order valence-corrected chi connectivity index (χ3v) is 5.31. The van der Waals surface area contributed by atoms with Crippen LogP contribution in [0.1, 0.15) is 16.3 Å².